The van der Waals surface area contributed by atoms with Crippen molar-refractivity contribution in [2.75, 3.05) is 32.0 Å². The van der Waals surface area contributed by atoms with Crippen molar-refractivity contribution in [3.8, 4) is 23.0 Å². The summed E-state index contributed by atoms with van der Waals surface area (Å²) in [5, 5.41) is 10.5. The smallest absolute Gasteiger partial charge is 0.255 e. The van der Waals surface area contributed by atoms with Gasteiger partial charge >= 0.3 is 0 Å². The predicted octanol–water partition coefficient (Wildman–Crippen LogP) is 4.95. The lowest BCUT2D eigenvalue weighted by molar-refractivity contribution is -0.113. The summed E-state index contributed by atoms with van der Waals surface area (Å²) in [4.78, 5) is 18.1. The zero-order chi connectivity index (χ0) is 28.2. The van der Waals surface area contributed by atoms with Gasteiger partial charge in [-0.05, 0) is 54.4 Å². The second-order valence-electron chi connectivity index (χ2n) is 8.94. The van der Waals surface area contributed by atoms with Gasteiger partial charge in [-0.15, -0.1) is 0 Å². The van der Waals surface area contributed by atoms with Crippen LogP contribution in [0.4, 0.5) is 16.0 Å². The number of carbonyl (C=O) groups is 1. The molecule has 40 heavy (non-hydrogen) atoms. The molecule has 5 rings (SSSR count). The molecule has 1 aliphatic heterocycles. The zero-order valence-electron chi connectivity index (χ0n) is 22.4. The number of anilines is 2. The van der Waals surface area contributed by atoms with Crippen LogP contribution in [0.2, 0.25) is 0 Å². The van der Waals surface area contributed by atoms with Crippen molar-refractivity contribution in [1.82, 2.24) is 14.8 Å². The average molecular weight is 546 g/mol. The van der Waals surface area contributed by atoms with Crippen LogP contribution in [0.25, 0.3) is 0 Å². The normalized spacial score (nSPS) is 14.2. The number of allylic oxidation sites excluding steroid dienone is 1. The van der Waals surface area contributed by atoms with Gasteiger partial charge in [-0.3, -0.25) is 4.79 Å². The molecule has 1 atom stereocenters. The van der Waals surface area contributed by atoms with Crippen molar-refractivity contribution in [3.63, 3.8) is 0 Å². The number of benzene rings is 3. The second-order valence-corrected chi connectivity index (χ2v) is 8.94. The number of amides is 1. The fourth-order valence-corrected chi connectivity index (χ4v) is 4.51. The Labute approximate surface area is 230 Å². The summed E-state index contributed by atoms with van der Waals surface area (Å²) < 4.78 is 37.3. The molecule has 0 saturated heterocycles. The van der Waals surface area contributed by atoms with Crippen molar-refractivity contribution in [2.45, 2.75) is 19.6 Å². The van der Waals surface area contributed by atoms with Crippen LogP contribution in [-0.4, -0.2) is 42.0 Å². The van der Waals surface area contributed by atoms with Gasteiger partial charge in [0.15, 0.2) is 11.5 Å². The van der Waals surface area contributed by atoms with Crippen molar-refractivity contribution in [1.29, 1.82) is 0 Å². The third-order valence-electron chi connectivity index (χ3n) is 6.50. The Morgan fingerprint density at radius 2 is 1.73 bits per heavy atom. The number of aromatic nitrogens is 3. The summed E-state index contributed by atoms with van der Waals surface area (Å²) in [6.45, 7) is 2.03. The van der Waals surface area contributed by atoms with Crippen LogP contribution in [0, 0.1) is 5.82 Å². The first-order valence-electron chi connectivity index (χ1n) is 12.4. The van der Waals surface area contributed by atoms with Crippen LogP contribution in [0.15, 0.2) is 78.3 Å². The Bertz CT molecular complexity index is 1570. The first kappa shape index (κ1) is 26.5. The molecule has 10 nitrogen and oxygen atoms in total. The van der Waals surface area contributed by atoms with E-state index in [0.717, 1.165) is 11.1 Å². The molecule has 0 aliphatic carbocycles. The van der Waals surface area contributed by atoms with Crippen molar-refractivity contribution >= 4 is 17.5 Å². The van der Waals surface area contributed by atoms with Gasteiger partial charge in [-0.25, -0.2) is 9.07 Å². The molecule has 4 aromatic rings. The van der Waals surface area contributed by atoms with Gasteiger partial charge in [0.25, 0.3) is 5.91 Å². The standard InChI is InChI=1S/C29H28FN5O5/c1-17-26(28(36)34-22-14-21(37-2)10-12-23(22)38-3)27(35-29(33-17)31-16-32-35)19-7-11-24(25(13-19)39-4)40-15-18-5-8-20(30)9-6-18/h5-14,16,27H,15H2,1-4H3,(H,34,36)(H,31,32,33). The number of ether oxygens (including phenoxy) is 4. The van der Waals surface area contributed by atoms with E-state index >= 15 is 0 Å². The number of nitrogens with zero attached hydrogens (tertiary/aromatic N) is 3. The van der Waals surface area contributed by atoms with E-state index in [1.165, 1.54) is 32.7 Å². The monoisotopic (exact) mass is 545 g/mol. The average Bonchev–Trinajstić information content (AvgIpc) is 3.44. The molecule has 1 amide bonds. The number of halogens is 1. The van der Waals surface area contributed by atoms with E-state index in [9.17, 15) is 9.18 Å². The van der Waals surface area contributed by atoms with Crippen LogP contribution in [0.3, 0.4) is 0 Å². The molecular weight excluding hydrogens is 517 g/mol. The van der Waals surface area contributed by atoms with Crippen molar-refractivity contribution in [3.05, 3.63) is 95.2 Å². The molecule has 11 heteroatoms. The summed E-state index contributed by atoms with van der Waals surface area (Å²) >= 11 is 0. The van der Waals surface area contributed by atoms with Crippen LogP contribution < -0.4 is 29.6 Å². The van der Waals surface area contributed by atoms with Gasteiger partial charge in [-0.2, -0.15) is 10.1 Å². The number of hydrogen-bond donors (Lipinski definition) is 2. The number of rotatable bonds is 9. The predicted molar refractivity (Wildman–Crippen MR) is 146 cm³/mol. The second kappa shape index (κ2) is 11.4. The summed E-state index contributed by atoms with van der Waals surface area (Å²) in [7, 11) is 4.62. The van der Waals surface area contributed by atoms with Crippen molar-refractivity contribution in [2.24, 2.45) is 0 Å². The molecule has 0 fully saturated rings. The van der Waals surface area contributed by atoms with E-state index in [0.29, 0.717) is 45.9 Å². The highest BCUT2D eigenvalue weighted by molar-refractivity contribution is 6.06. The highest BCUT2D eigenvalue weighted by atomic mass is 19.1. The van der Waals surface area contributed by atoms with Gasteiger partial charge in [-0.1, -0.05) is 18.2 Å². The number of methoxy groups -OCH3 is 3. The molecule has 0 bridgehead atoms. The fraction of sp³-hybridized carbons (Fsp3) is 0.207. The summed E-state index contributed by atoms with van der Waals surface area (Å²) in [6, 6.07) is 16.0. The molecule has 0 radical (unpaired) electrons. The molecule has 206 valence electrons. The van der Waals surface area contributed by atoms with E-state index in [-0.39, 0.29) is 18.3 Å². The maximum atomic E-state index is 13.8. The first-order valence-corrected chi connectivity index (χ1v) is 12.4. The molecule has 2 heterocycles. The molecule has 1 unspecified atom stereocenters. The van der Waals surface area contributed by atoms with E-state index in [4.69, 9.17) is 18.9 Å². The lowest BCUT2D eigenvalue weighted by atomic mass is 9.94. The van der Waals surface area contributed by atoms with E-state index in [1.54, 1.807) is 61.2 Å². The first-order chi connectivity index (χ1) is 19.4. The molecule has 2 N–H and O–H groups in total. The summed E-state index contributed by atoms with van der Waals surface area (Å²) in [5.41, 5.74) is 3.02. The maximum absolute atomic E-state index is 13.8. The molecule has 1 aromatic heterocycles. The SMILES string of the molecule is COc1ccc(OC)c(NC(=O)C2=C(C)Nc3ncnn3C2c2ccc(OCc3ccc(F)cc3)c(OC)c2)c1. The van der Waals surface area contributed by atoms with E-state index in [2.05, 4.69) is 20.7 Å². The Kier molecular flexibility index (Phi) is 7.54. The molecule has 3 aromatic carbocycles. The quantitative estimate of drug-likeness (QED) is 0.304. The Morgan fingerprint density at radius 1 is 0.975 bits per heavy atom. The molecule has 0 spiro atoms. The van der Waals surface area contributed by atoms with E-state index in [1.807, 2.05) is 6.07 Å². The third kappa shape index (κ3) is 5.26. The topological polar surface area (TPSA) is 109 Å². The zero-order valence-corrected chi connectivity index (χ0v) is 22.4. The van der Waals surface area contributed by atoms with Gasteiger partial charge in [0.2, 0.25) is 5.95 Å². The molecule has 0 saturated carbocycles. The number of nitrogens with one attached hydrogen (secondary N) is 2. The lowest BCUT2D eigenvalue weighted by Gasteiger charge is -2.29. The van der Waals surface area contributed by atoms with Gasteiger partial charge in [0.05, 0.1) is 32.6 Å². The van der Waals surface area contributed by atoms with Crippen LogP contribution in [0.1, 0.15) is 24.1 Å². The minimum absolute atomic E-state index is 0.228. The summed E-state index contributed by atoms with van der Waals surface area (Å²) in [6.07, 6.45) is 1.42. The van der Waals surface area contributed by atoms with Crippen LogP contribution >= 0.6 is 0 Å². The number of fused-ring (bicyclic) bond motifs is 1. The highest BCUT2D eigenvalue weighted by Crippen LogP contribution is 2.39. The Balaban J connectivity index is 1.48. The molecular formula is C29H28FN5O5. The number of carbonyl (C=O) groups excluding carboxylic acids is 1. The molecule has 1 aliphatic rings. The Hall–Kier alpha value is -5.06. The fourth-order valence-electron chi connectivity index (χ4n) is 4.51. The third-order valence-corrected chi connectivity index (χ3v) is 6.50. The number of hydrogen-bond acceptors (Lipinski definition) is 8. The van der Waals surface area contributed by atoms with Crippen LogP contribution in [0.5, 0.6) is 23.0 Å². The van der Waals surface area contributed by atoms with E-state index < -0.39 is 6.04 Å². The summed E-state index contributed by atoms with van der Waals surface area (Å²) in [5.74, 6) is 1.83. The highest BCUT2D eigenvalue weighted by Gasteiger charge is 2.34. The van der Waals surface area contributed by atoms with Gasteiger partial charge < -0.3 is 29.6 Å². The minimum atomic E-state index is -0.629. The van der Waals surface area contributed by atoms with Gasteiger partial charge in [0.1, 0.15) is 36.3 Å². The lowest BCUT2D eigenvalue weighted by Crippen LogP contribution is -2.31. The van der Waals surface area contributed by atoms with Crippen molar-refractivity contribution < 1.29 is 28.1 Å². The maximum Gasteiger partial charge on any atom is 0.255 e. The van der Waals surface area contributed by atoms with Crippen LogP contribution in [-0.2, 0) is 11.4 Å². The van der Waals surface area contributed by atoms with Gasteiger partial charge in [0, 0.05) is 11.8 Å². The Morgan fingerprint density at radius 3 is 2.45 bits per heavy atom. The largest absolute Gasteiger partial charge is 0.497 e. The minimum Gasteiger partial charge on any atom is -0.497 e.